The molecule has 0 atom stereocenters. The number of hydrogen-bond acceptors (Lipinski definition) is 7. The Balaban J connectivity index is 5.25. The third-order valence-electron chi connectivity index (χ3n) is 2.34. The van der Waals surface area contributed by atoms with Crippen molar-refractivity contribution in [3.8, 4) is 0 Å². The molecule has 0 saturated heterocycles. The lowest BCUT2D eigenvalue weighted by molar-refractivity contribution is -0.182. The van der Waals surface area contributed by atoms with Gasteiger partial charge in [-0.25, -0.2) is 0 Å². The first-order valence-electron chi connectivity index (χ1n) is 5.72. The number of methoxy groups -OCH3 is 2. The molecule has 0 radical (unpaired) electrons. The molecule has 0 aliphatic rings. The third kappa shape index (κ3) is 4.86. The average molecular weight is 276 g/mol. The molecule has 0 spiro atoms. The lowest BCUT2D eigenvalue weighted by atomic mass is 9.90. The second-order valence-corrected chi connectivity index (χ2v) is 4.21. The highest BCUT2D eigenvalue weighted by molar-refractivity contribution is 6.00. The zero-order valence-corrected chi connectivity index (χ0v) is 11.8. The molecule has 0 heterocycles. The number of esters is 3. The molecule has 7 heteroatoms. The Kier molecular flexibility index (Phi) is 7.06. The monoisotopic (exact) mass is 276 g/mol. The van der Waals surface area contributed by atoms with E-state index in [1.165, 1.54) is 6.92 Å². The van der Waals surface area contributed by atoms with E-state index in [2.05, 4.69) is 9.47 Å². The molecule has 7 nitrogen and oxygen atoms in total. The van der Waals surface area contributed by atoms with Gasteiger partial charge in [-0.2, -0.15) is 0 Å². The fourth-order valence-electron chi connectivity index (χ4n) is 1.29. The van der Waals surface area contributed by atoms with Crippen molar-refractivity contribution < 1.29 is 33.3 Å². The third-order valence-corrected chi connectivity index (χ3v) is 2.34. The molecule has 0 aromatic rings. The lowest BCUT2D eigenvalue weighted by Crippen LogP contribution is -2.49. The van der Waals surface area contributed by atoms with Crippen LogP contribution in [0.1, 0.15) is 20.8 Å². The molecule has 0 unspecified atom stereocenters. The minimum atomic E-state index is -1.81. The van der Waals surface area contributed by atoms with Crippen molar-refractivity contribution in [3.63, 3.8) is 0 Å². The van der Waals surface area contributed by atoms with E-state index >= 15 is 0 Å². The first-order valence-corrected chi connectivity index (χ1v) is 5.72. The van der Waals surface area contributed by atoms with Crippen molar-refractivity contribution in [1.29, 1.82) is 0 Å². The minimum Gasteiger partial charge on any atom is -0.468 e. The summed E-state index contributed by atoms with van der Waals surface area (Å²) in [5, 5.41) is 0. The fraction of sp³-hybridized carbons (Fsp3) is 0.750. The molecular formula is C12H20O7. The van der Waals surface area contributed by atoms with Crippen LogP contribution in [0.15, 0.2) is 0 Å². The molecule has 19 heavy (non-hydrogen) atoms. The van der Waals surface area contributed by atoms with Crippen LogP contribution in [-0.2, 0) is 33.3 Å². The Bertz CT molecular complexity index is 319. The SMILES string of the molecule is COC(=O)C(COC(C)=O)(COC(C)C)C(=O)OC. The Morgan fingerprint density at radius 3 is 1.79 bits per heavy atom. The van der Waals surface area contributed by atoms with Crippen LogP contribution in [0.3, 0.4) is 0 Å². The summed E-state index contributed by atoms with van der Waals surface area (Å²) < 4.78 is 19.2. The van der Waals surface area contributed by atoms with Crippen molar-refractivity contribution in [3.05, 3.63) is 0 Å². The smallest absolute Gasteiger partial charge is 0.329 e. The summed E-state index contributed by atoms with van der Waals surface area (Å²) in [6.45, 7) is 3.87. The number of hydrogen-bond donors (Lipinski definition) is 0. The van der Waals surface area contributed by atoms with Crippen molar-refractivity contribution in [2.75, 3.05) is 27.4 Å². The highest BCUT2D eigenvalue weighted by Gasteiger charge is 2.50. The average Bonchev–Trinajstić information content (AvgIpc) is 2.37. The second kappa shape index (κ2) is 7.73. The highest BCUT2D eigenvalue weighted by Crippen LogP contribution is 2.23. The van der Waals surface area contributed by atoms with Crippen LogP contribution in [0.4, 0.5) is 0 Å². The van der Waals surface area contributed by atoms with Crippen LogP contribution in [0.25, 0.3) is 0 Å². The molecule has 0 aromatic heterocycles. The zero-order valence-electron chi connectivity index (χ0n) is 11.8. The van der Waals surface area contributed by atoms with Crippen LogP contribution in [0, 0.1) is 5.41 Å². The fourth-order valence-corrected chi connectivity index (χ4v) is 1.29. The molecule has 0 aliphatic carbocycles. The van der Waals surface area contributed by atoms with Gasteiger partial charge in [-0.15, -0.1) is 0 Å². The van der Waals surface area contributed by atoms with Crippen LogP contribution in [0.2, 0.25) is 0 Å². The largest absolute Gasteiger partial charge is 0.468 e. The molecule has 0 fully saturated rings. The summed E-state index contributed by atoms with van der Waals surface area (Å²) >= 11 is 0. The summed E-state index contributed by atoms with van der Waals surface area (Å²) in [4.78, 5) is 34.6. The Morgan fingerprint density at radius 2 is 1.47 bits per heavy atom. The van der Waals surface area contributed by atoms with Gasteiger partial charge in [0, 0.05) is 6.92 Å². The molecule has 0 saturated carbocycles. The molecule has 0 N–H and O–H groups in total. The Hall–Kier alpha value is -1.63. The standard InChI is InChI=1S/C12H20O7/c1-8(2)18-6-12(10(14)16-4,11(15)17-5)7-19-9(3)13/h8H,6-7H2,1-5H3. The summed E-state index contributed by atoms with van der Waals surface area (Å²) in [7, 11) is 2.26. The van der Waals surface area contributed by atoms with E-state index in [4.69, 9.17) is 9.47 Å². The van der Waals surface area contributed by atoms with E-state index in [-0.39, 0.29) is 12.7 Å². The maximum absolute atomic E-state index is 11.9. The predicted octanol–water partition coefficient (Wildman–Crippen LogP) is 0.307. The minimum absolute atomic E-state index is 0.217. The normalized spacial score (nSPS) is 11.1. The van der Waals surface area contributed by atoms with Gasteiger partial charge in [0.25, 0.3) is 0 Å². The van der Waals surface area contributed by atoms with E-state index < -0.39 is 29.9 Å². The maximum atomic E-state index is 11.9. The molecule has 0 aliphatic heterocycles. The highest BCUT2D eigenvalue weighted by atomic mass is 16.6. The van der Waals surface area contributed by atoms with Gasteiger partial charge in [0.1, 0.15) is 6.61 Å². The van der Waals surface area contributed by atoms with Crippen LogP contribution in [0.5, 0.6) is 0 Å². The quantitative estimate of drug-likeness (QED) is 0.375. The molecule has 0 rings (SSSR count). The van der Waals surface area contributed by atoms with Crippen molar-refractivity contribution in [1.82, 2.24) is 0 Å². The van der Waals surface area contributed by atoms with Gasteiger partial charge in [0.05, 0.1) is 26.9 Å². The van der Waals surface area contributed by atoms with Gasteiger partial charge < -0.3 is 18.9 Å². The van der Waals surface area contributed by atoms with Gasteiger partial charge in [0.2, 0.25) is 5.41 Å². The van der Waals surface area contributed by atoms with Crippen LogP contribution >= 0.6 is 0 Å². The summed E-state index contributed by atoms with van der Waals surface area (Å²) in [6, 6.07) is 0. The summed E-state index contributed by atoms with van der Waals surface area (Å²) in [5.41, 5.74) is -1.81. The molecule has 0 aromatic carbocycles. The van der Waals surface area contributed by atoms with Crippen LogP contribution in [-0.4, -0.2) is 51.4 Å². The number of carbonyl (C=O) groups excluding carboxylic acids is 3. The van der Waals surface area contributed by atoms with Gasteiger partial charge in [-0.1, -0.05) is 0 Å². The molecule has 0 bridgehead atoms. The lowest BCUT2D eigenvalue weighted by Gasteiger charge is -2.27. The maximum Gasteiger partial charge on any atom is 0.329 e. The first-order chi connectivity index (χ1) is 8.80. The van der Waals surface area contributed by atoms with Gasteiger partial charge >= 0.3 is 17.9 Å². The van der Waals surface area contributed by atoms with E-state index in [1.54, 1.807) is 13.8 Å². The van der Waals surface area contributed by atoms with E-state index in [0.29, 0.717) is 0 Å². The van der Waals surface area contributed by atoms with Gasteiger partial charge in [-0.05, 0) is 13.8 Å². The summed E-state index contributed by atoms with van der Waals surface area (Å²) in [5.74, 6) is -2.37. The summed E-state index contributed by atoms with van der Waals surface area (Å²) in [6.07, 6.45) is -0.217. The molecule has 0 amide bonds. The van der Waals surface area contributed by atoms with E-state index in [1.807, 2.05) is 0 Å². The van der Waals surface area contributed by atoms with Crippen LogP contribution < -0.4 is 0 Å². The molecule has 110 valence electrons. The number of carbonyl (C=O) groups is 3. The van der Waals surface area contributed by atoms with Crippen molar-refractivity contribution in [2.24, 2.45) is 5.41 Å². The first kappa shape index (κ1) is 17.4. The van der Waals surface area contributed by atoms with E-state index in [0.717, 1.165) is 14.2 Å². The van der Waals surface area contributed by atoms with Crippen molar-refractivity contribution >= 4 is 17.9 Å². The Morgan fingerprint density at radius 1 is 1.00 bits per heavy atom. The molecular weight excluding hydrogens is 256 g/mol. The predicted molar refractivity (Wildman–Crippen MR) is 64.2 cm³/mol. The van der Waals surface area contributed by atoms with E-state index in [9.17, 15) is 14.4 Å². The van der Waals surface area contributed by atoms with Gasteiger partial charge in [0.15, 0.2) is 0 Å². The van der Waals surface area contributed by atoms with Gasteiger partial charge in [-0.3, -0.25) is 14.4 Å². The van der Waals surface area contributed by atoms with Crippen molar-refractivity contribution in [2.45, 2.75) is 26.9 Å². The topological polar surface area (TPSA) is 88.1 Å². The number of rotatable bonds is 7. The zero-order chi connectivity index (χ0) is 15.1. The Labute approximate surface area is 112 Å². The second-order valence-electron chi connectivity index (χ2n) is 4.21. The number of ether oxygens (including phenoxy) is 4.